The molecular weight excluding hydrogens is 269 g/mol. The summed E-state index contributed by atoms with van der Waals surface area (Å²) in [5.74, 6) is 0.815. The predicted molar refractivity (Wildman–Crippen MR) is 78.6 cm³/mol. The standard InChI is InChI=1S/C14H14ClNO.ClH/c1-17-14-7-6-12(15)8-13(14)11-4-2-10(9-16)3-5-11;/h2-8H,9,16H2,1H3;1H. The van der Waals surface area contributed by atoms with E-state index in [4.69, 9.17) is 22.1 Å². The maximum atomic E-state index is 6.01. The van der Waals surface area contributed by atoms with Gasteiger partial charge in [0.1, 0.15) is 5.75 Å². The molecule has 0 unspecified atom stereocenters. The summed E-state index contributed by atoms with van der Waals surface area (Å²) < 4.78 is 5.33. The minimum atomic E-state index is 0. The zero-order valence-corrected chi connectivity index (χ0v) is 11.6. The molecule has 0 heterocycles. The van der Waals surface area contributed by atoms with Crippen molar-refractivity contribution in [3.05, 3.63) is 53.1 Å². The third kappa shape index (κ3) is 3.16. The molecule has 0 radical (unpaired) electrons. The molecule has 18 heavy (non-hydrogen) atoms. The zero-order chi connectivity index (χ0) is 12.3. The van der Waals surface area contributed by atoms with Gasteiger partial charge in [-0.2, -0.15) is 0 Å². The summed E-state index contributed by atoms with van der Waals surface area (Å²) in [6, 6.07) is 13.7. The molecule has 0 amide bonds. The maximum Gasteiger partial charge on any atom is 0.126 e. The number of hydrogen-bond acceptors (Lipinski definition) is 2. The Kier molecular flexibility index (Phi) is 5.48. The van der Waals surface area contributed by atoms with Crippen molar-refractivity contribution in [1.29, 1.82) is 0 Å². The van der Waals surface area contributed by atoms with E-state index in [1.165, 1.54) is 0 Å². The average Bonchev–Trinajstić information content (AvgIpc) is 2.39. The van der Waals surface area contributed by atoms with E-state index in [0.29, 0.717) is 11.6 Å². The van der Waals surface area contributed by atoms with Gasteiger partial charge in [-0.15, -0.1) is 12.4 Å². The highest BCUT2D eigenvalue weighted by atomic mass is 35.5. The summed E-state index contributed by atoms with van der Waals surface area (Å²) in [5, 5.41) is 0.698. The summed E-state index contributed by atoms with van der Waals surface area (Å²) >= 11 is 6.01. The molecule has 2 aromatic rings. The summed E-state index contributed by atoms with van der Waals surface area (Å²) in [7, 11) is 1.65. The van der Waals surface area contributed by atoms with E-state index in [2.05, 4.69) is 0 Å². The van der Waals surface area contributed by atoms with Gasteiger partial charge in [-0.05, 0) is 29.3 Å². The fraction of sp³-hybridized carbons (Fsp3) is 0.143. The SMILES string of the molecule is COc1ccc(Cl)cc1-c1ccc(CN)cc1.Cl. The number of rotatable bonds is 3. The van der Waals surface area contributed by atoms with Crippen molar-refractivity contribution in [2.45, 2.75) is 6.54 Å². The number of hydrogen-bond donors (Lipinski definition) is 1. The smallest absolute Gasteiger partial charge is 0.126 e. The van der Waals surface area contributed by atoms with E-state index in [-0.39, 0.29) is 12.4 Å². The van der Waals surface area contributed by atoms with Crippen LogP contribution >= 0.6 is 24.0 Å². The van der Waals surface area contributed by atoms with Crippen LogP contribution in [0.1, 0.15) is 5.56 Å². The molecule has 96 valence electrons. The van der Waals surface area contributed by atoms with Crippen molar-refractivity contribution in [3.63, 3.8) is 0 Å². The number of nitrogens with two attached hydrogens (primary N) is 1. The topological polar surface area (TPSA) is 35.2 Å². The molecule has 2 N–H and O–H groups in total. The monoisotopic (exact) mass is 283 g/mol. The highest BCUT2D eigenvalue weighted by Gasteiger charge is 2.06. The molecular formula is C14H15Cl2NO. The van der Waals surface area contributed by atoms with Gasteiger partial charge in [0, 0.05) is 17.1 Å². The lowest BCUT2D eigenvalue weighted by molar-refractivity contribution is 0.416. The van der Waals surface area contributed by atoms with Crippen molar-refractivity contribution >= 4 is 24.0 Å². The van der Waals surface area contributed by atoms with Crippen LogP contribution in [0.15, 0.2) is 42.5 Å². The van der Waals surface area contributed by atoms with Crippen molar-refractivity contribution in [2.24, 2.45) is 5.73 Å². The van der Waals surface area contributed by atoms with Crippen LogP contribution in [0.25, 0.3) is 11.1 Å². The lowest BCUT2D eigenvalue weighted by Crippen LogP contribution is -1.95. The fourth-order valence-corrected chi connectivity index (χ4v) is 1.90. The number of halogens is 2. The Labute approximate surface area is 118 Å². The van der Waals surface area contributed by atoms with E-state index in [1.54, 1.807) is 7.11 Å². The molecule has 0 saturated carbocycles. The third-order valence-electron chi connectivity index (χ3n) is 2.66. The van der Waals surface area contributed by atoms with Crippen LogP contribution in [0.3, 0.4) is 0 Å². The predicted octanol–water partition coefficient (Wildman–Crippen LogP) is 3.90. The minimum Gasteiger partial charge on any atom is -0.496 e. The molecule has 0 fully saturated rings. The van der Waals surface area contributed by atoms with Gasteiger partial charge in [-0.1, -0.05) is 35.9 Å². The van der Waals surface area contributed by atoms with Gasteiger partial charge in [0.2, 0.25) is 0 Å². The van der Waals surface area contributed by atoms with Crippen LogP contribution < -0.4 is 10.5 Å². The van der Waals surface area contributed by atoms with Gasteiger partial charge < -0.3 is 10.5 Å². The Bertz CT molecular complexity index is 512. The van der Waals surface area contributed by atoms with Gasteiger partial charge in [-0.25, -0.2) is 0 Å². The van der Waals surface area contributed by atoms with Crippen molar-refractivity contribution in [1.82, 2.24) is 0 Å². The average molecular weight is 284 g/mol. The van der Waals surface area contributed by atoms with Crippen LogP contribution in [0.4, 0.5) is 0 Å². The first kappa shape index (κ1) is 14.8. The lowest BCUT2D eigenvalue weighted by Gasteiger charge is -2.09. The molecule has 0 aliphatic carbocycles. The first-order chi connectivity index (χ1) is 8.24. The molecule has 0 aliphatic rings. The Morgan fingerprint density at radius 2 is 1.78 bits per heavy atom. The van der Waals surface area contributed by atoms with Crippen molar-refractivity contribution < 1.29 is 4.74 Å². The Balaban J connectivity index is 0.00000162. The fourth-order valence-electron chi connectivity index (χ4n) is 1.73. The van der Waals surface area contributed by atoms with Crippen LogP contribution in [0, 0.1) is 0 Å². The zero-order valence-electron chi connectivity index (χ0n) is 10.0. The van der Waals surface area contributed by atoms with Gasteiger partial charge >= 0.3 is 0 Å². The van der Waals surface area contributed by atoms with E-state index >= 15 is 0 Å². The Morgan fingerprint density at radius 3 is 2.33 bits per heavy atom. The van der Waals surface area contributed by atoms with E-state index < -0.39 is 0 Å². The summed E-state index contributed by atoms with van der Waals surface area (Å²) in [4.78, 5) is 0. The van der Waals surface area contributed by atoms with Crippen LogP contribution in [0.2, 0.25) is 5.02 Å². The van der Waals surface area contributed by atoms with E-state index in [9.17, 15) is 0 Å². The van der Waals surface area contributed by atoms with Gasteiger partial charge in [0.15, 0.2) is 0 Å². The van der Waals surface area contributed by atoms with Gasteiger partial charge in [0.25, 0.3) is 0 Å². The third-order valence-corrected chi connectivity index (χ3v) is 2.90. The molecule has 0 aromatic heterocycles. The first-order valence-electron chi connectivity index (χ1n) is 5.37. The van der Waals surface area contributed by atoms with Crippen LogP contribution in [0.5, 0.6) is 5.75 Å². The molecule has 4 heteroatoms. The highest BCUT2D eigenvalue weighted by molar-refractivity contribution is 6.31. The number of benzene rings is 2. The molecule has 0 bridgehead atoms. The van der Waals surface area contributed by atoms with Crippen LogP contribution in [-0.4, -0.2) is 7.11 Å². The normalized spacial score (nSPS) is 9.72. The minimum absolute atomic E-state index is 0. The Hall–Kier alpha value is -1.22. The van der Waals surface area contributed by atoms with Crippen molar-refractivity contribution in [2.75, 3.05) is 7.11 Å². The Morgan fingerprint density at radius 1 is 1.11 bits per heavy atom. The summed E-state index contributed by atoms with van der Waals surface area (Å²) in [5.41, 5.74) is 8.74. The number of ether oxygens (including phenoxy) is 1. The van der Waals surface area contributed by atoms with Gasteiger partial charge in [0.05, 0.1) is 7.11 Å². The quantitative estimate of drug-likeness (QED) is 0.927. The van der Waals surface area contributed by atoms with Crippen LogP contribution in [-0.2, 0) is 6.54 Å². The summed E-state index contributed by atoms with van der Waals surface area (Å²) in [6.45, 7) is 0.549. The van der Waals surface area contributed by atoms with Gasteiger partial charge in [-0.3, -0.25) is 0 Å². The molecule has 0 aliphatic heterocycles. The first-order valence-corrected chi connectivity index (χ1v) is 5.75. The summed E-state index contributed by atoms with van der Waals surface area (Å²) in [6.07, 6.45) is 0. The molecule has 0 spiro atoms. The highest BCUT2D eigenvalue weighted by Crippen LogP contribution is 2.32. The number of methoxy groups -OCH3 is 1. The molecule has 0 saturated heterocycles. The molecule has 2 aromatic carbocycles. The molecule has 0 atom stereocenters. The second-order valence-corrected chi connectivity index (χ2v) is 4.18. The second kappa shape index (κ2) is 6.64. The second-order valence-electron chi connectivity index (χ2n) is 3.75. The maximum absolute atomic E-state index is 6.01. The van der Waals surface area contributed by atoms with Crippen molar-refractivity contribution in [3.8, 4) is 16.9 Å². The lowest BCUT2D eigenvalue weighted by atomic mass is 10.0. The molecule has 2 nitrogen and oxygen atoms in total. The largest absolute Gasteiger partial charge is 0.496 e. The molecule has 2 rings (SSSR count). The van der Waals surface area contributed by atoms with E-state index in [0.717, 1.165) is 22.4 Å². The van der Waals surface area contributed by atoms with E-state index in [1.807, 2.05) is 42.5 Å².